The van der Waals surface area contributed by atoms with Crippen molar-refractivity contribution in [2.45, 2.75) is 6.54 Å². The van der Waals surface area contributed by atoms with Crippen LogP contribution in [-0.2, 0) is 16.1 Å². The lowest BCUT2D eigenvalue weighted by Gasteiger charge is -2.04. The van der Waals surface area contributed by atoms with Gasteiger partial charge in [0.2, 0.25) is 5.91 Å². The second kappa shape index (κ2) is 6.13. The molecule has 0 aliphatic heterocycles. The summed E-state index contributed by atoms with van der Waals surface area (Å²) in [6.45, 7) is -0.111. The van der Waals surface area contributed by atoms with Crippen LogP contribution in [0.2, 0.25) is 0 Å². The summed E-state index contributed by atoms with van der Waals surface area (Å²) in [6.07, 6.45) is 1.98. The molecule has 2 heterocycles. The highest BCUT2D eigenvalue weighted by molar-refractivity contribution is 5.92. The molecule has 0 atom stereocenters. The van der Waals surface area contributed by atoms with E-state index in [1.54, 1.807) is 18.2 Å². The Kier molecular flexibility index (Phi) is 3.87. The predicted octanol–water partition coefficient (Wildman–Crippen LogP) is 1.24. The highest BCUT2D eigenvalue weighted by atomic mass is 16.5. The van der Waals surface area contributed by atoms with Crippen molar-refractivity contribution in [3.63, 3.8) is 0 Å². The molecule has 3 rings (SSSR count). The fraction of sp³-hybridized carbons (Fsp3) is 0.154. The zero-order valence-electron chi connectivity index (χ0n) is 12.0. The second-order valence-corrected chi connectivity index (χ2v) is 4.46. The van der Waals surface area contributed by atoms with Crippen molar-refractivity contribution in [1.29, 1.82) is 0 Å². The van der Waals surface area contributed by atoms with Crippen LogP contribution in [0.15, 0.2) is 35.2 Å². The number of methoxy groups -OCH3 is 1. The molecular formula is C13H12N6O4. The van der Waals surface area contributed by atoms with Gasteiger partial charge < -0.3 is 14.5 Å². The van der Waals surface area contributed by atoms with E-state index in [0.717, 1.165) is 4.80 Å². The molecule has 0 aliphatic carbocycles. The molecule has 10 heteroatoms. The smallest absolute Gasteiger partial charge is 0.412 e. The standard InChI is InChI=1S/C13H12N6O4/c1-22-13(21)17-11-5-15-19(18-11)6-12(20)16-8-2-3-10-9(4-8)14-7-23-10/h2-5,7H,6H2,1H3,(H,16,20)(H,17,18,21). The fourth-order valence-electron chi connectivity index (χ4n) is 1.85. The molecule has 0 saturated heterocycles. The van der Waals surface area contributed by atoms with Crippen LogP contribution >= 0.6 is 0 Å². The minimum Gasteiger partial charge on any atom is -0.453 e. The van der Waals surface area contributed by atoms with Gasteiger partial charge in [-0.3, -0.25) is 10.1 Å². The van der Waals surface area contributed by atoms with Crippen molar-refractivity contribution in [3.8, 4) is 0 Å². The van der Waals surface area contributed by atoms with E-state index in [-0.39, 0.29) is 18.3 Å². The van der Waals surface area contributed by atoms with Crippen molar-refractivity contribution in [3.05, 3.63) is 30.8 Å². The molecule has 2 N–H and O–H groups in total. The summed E-state index contributed by atoms with van der Waals surface area (Å²) in [5, 5.41) is 12.8. The third kappa shape index (κ3) is 3.43. The Labute approximate surface area is 129 Å². The Balaban J connectivity index is 1.61. The van der Waals surface area contributed by atoms with Gasteiger partial charge in [0.15, 0.2) is 17.8 Å². The Morgan fingerprint density at radius 3 is 3.04 bits per heavy atom. The number of benzene rings is 1. The number of oxazole rings is 1. The molecule has 0 spiro atoms. The lowest BCUT2D eigenvalue weighted by Crippen LogP contribution is -2.20. The maximum atomic E-state index is 12.0. The molecule has 0 bridgehead atoms. The number of nitrogens with zero attached hydrogens (tertiary/aromatic N) is 4. The van der Waals surface area contributed by atoms with Crippen LogP contribution in [0.5, 0.6) is 0 Å². The molecular weight excluding hydrogens is 304 g/mol. The topological polar surface area (TPSA) is 124 Å². The molecule has 0 unspecified atom stereocenters. The van der Waals surface area contributed by atoms with Crippen LogP contribution in [0.1, 0.15) is 0 Å². The van der Waals surface area contributed by atoms with Crippen molar-refractivity contribution in [2.75, 3.05) is 17.7 Å². The zero-order chi connectivity index (χ0) is 16.2. The first-order valence-electron chi connectivity index (χ1n) is 6.52. The van der Waals surface area contributed by atoms with Gasteiger partial charge in [-0.05, 0) is 18.2 Å². The minimum atomic E-state index is -0.664. The van der Waals surface area contributed by atoms with E-state index in [0.29, 0.717) is 16.8 Å². The van der Waals surface area contributed by atoms with E-state index in [1.165, 1.54) is 19.7 Å². The maximum absolute atomic E-state index is 12.0. The molecule has 2 amide bonds. The first-order valence-corrected chi connectivity index (χ1v) is 6.52. The van der Waals surface area contributed by atoms with Crippen LogP contribution in [0, 0.1) is 0 Å². The minimum absolute atomic E-state index is 0.111. The number of anilines is 2. The fourth-order valence-corrected chi connectivity index (χ4v) is 1.85. The Morgan fingerprint density at radius 2 is 2.22 bits per heavy atom. The molecule has 0 radical (unpaired) electrons. The number of fused-ring (bicyclic) bond motifs is 1. The normalized spacial score (nSPS) is 10.5. The van der Waals surface area contributed by atoms with Gasteiger partial charge in [-0.15, -0.1) is 5.10 Å². The number of carbonyl (C=O) groups is 2. The number of aromatic nitrogens is 4. The average Bonchev–Trinajstić information content (AvgIpc) is 3.15. The molecule has 118 valence electrons. The van der Waals surface area contributed by atoms with Crippen LogP contribution in [0.4, 0.5) is 16.3 Å². The first kappa shape index (κ1) is 14.5. The molecule has 10 nitrogen and oxygen atoms in total. The summed E-state index contributed by atoms with van der Waals surface area (Å²) < 4.78 is 9.56. The van der Waals surface area contributed by atoms with E-state index in [9.17, 15) is 9.59 Å². The zero-order valence-corrected chi connectivity index (χ0v) is 12.0. The molecule has 1 aromatic carbocycles. The Morgan fingerprint density at radius 1 is 1.35 bits per heavy atom. The highest BCUT2D eigenvalue weighted by Crippen LogP contribution is 2.17. The van der Waals surface area contributed by atoms with Gasteiger partial charge in [-0.2, -0.15) is 9.90 Å². The summed E-state index contributed by atoms with van der Waals surface area (Å²) >= 11 is 0. The lowest BCUT2D eigenvalue weighted by molar-refractivity contribution is -0.117. The van der Waals surface area contributed by atoms with Gasteiger partial charge >= 0.3 is 6.09 Å². The van der Waals surface area contributed by atoms with Crippen LogP contribution < -0.4 is 10.6 Å². The molecule has 0 aliphatic rings. The maximum Gasteiger partial charge on any atom is 0.412 e. The summed E-state index contributed by atoms with van der Waals surface area (Å²) in [6, 6.07) is 5.10. The molecule has 0 saturated carbocycles. The summed E-state index contributed by atoms with van der Waals surface area (Å²) in [5.41, 5.74) is 1.86. The number of ether oxygens (including phenoxy) is 1. The van der Waals surface area contributed by atoms with E-state index in [2.05, 4.69) is 30.6 Å². The van der Waals surface area contributed by atoms with Crippen molar-refractivity contribution in [2.24, 2.45) is 0 Å². The van der Waals surface area contributed by atoms with Gasteiger partial charge in [0.25, 0.3) is 0 Å². The summed E-state index contributed by atoms with van der Waals surface area (Å²) in [5.74, 6) is -0.137. The van der Waals surface area contributed by atoms with Gasteiger partial charge in [-0.25, -0.2) is 9.78 Å². The monoisotopic (exact) mass is 316 g/mol. The molecule has 2 aromatic heterocycles. The quantitative estimate of drug-likeness (QED) is 0.741. The lowest BCUT2D eigenvalue weighted by atomic mass is 10.3. The van der Waals surface area contributed by atoms with Crippen molar-refractivity contribution < 1.29 is 18.7 Å². The van der Waals surface area contributed by atoms with Crippen molar-refractivity contribution in [1.82, 2.24) is 20.0 Å². The van der Waals surface area contributed by atoms with E-state index in [1.807, 2.05) is 0 Å². The largest absolute Gasteiger partial charge is 0.453 e. The number of rotatable bonds is 4. The molecule has 3 aromatic rings. The van der Waals surface area contributed by atoms with E-state index in [4.69, 9.17) is 4.42 Å². The number of hydrogen-bond donors (Lipinski definition) is 2. The third-order valence-electron chi connectivity index (χ3n) is 2.85. The third-order valence-corrected chi connectivity index (χ3v) is 2.85. The Hall–Kier alpha value is -3.43. The molecule has 0 fully saturated rings. The Bertz CT molecular complexity index is 855. The van der Waals surface area contributed by atoms with Crippen LogP contribution in [-0.4, -0.2) is 39.1 Å². The summed E-state index contributed by atoms with van der Waals surface area (Å²) in [7, 11) is 1.24. The molecule has 23 heavy (non-hydrogen) atoms. The van der Waals surface area contributed by atoms with Crippen LogP contribution in [0.3, 0.4) is 0 Å². The predicted molar refractivity (Wildman–Crippen MR) is 78.7 cm³/mol. The van der Waals surface area contributed by atoms with E-state index < -0.39 is 6.09 Å². The summed E-state index contributed by atoms with van der Waals surface area (Å²) in [4.78, 5) is 28.2. The first-order chi connectivity index (χ1) is 11.1. The van der Waals surface area contributed by atoms with Gasteiger partial charge in [0.05, 0.1) is 13.3 Å². The number of nitrogens with one attached hydrogen (secondary N) is 2. The average molecular weight is 316 g/mol. The van der Waals surface area contributed by atoms with Gasteiger partial charge in [0.1, 0.15) is 12.1 Å². The second-order valence-electron chi connectivity index (χ2n) is 4.46. The van der Waals surface area contributed by atoms with Gasteiger partial charge in [0, 0.05) is 5.69 Å². The van der Waals surface area contributed by atoms with Gasteiger partial charge in [-0.1, -0.05) is 0 Å². The van der Waals surface area contributed by atoms with Crippen molar-refractivity contribution >= 4 is 34.6 Å². The van der Waals surface area contributed by atoms with Crippen LogP contribution in [0.25, 0.3) is 11.1 Å². The van der Waals surface area contributed by atoms with E-state index >= 15 is 0 Å². The number of carbonyl (C=O) groups excluding carboxylic acids is 2. The number of hydrogen-bond acceptors (Lipinski definition) is 7. The SMILES string of the molecule is COC(=O)Nc1cnn(CC(=O)Nc2ccc3ocnc3c2)n1. The highest BCUT2D eigenvalue weighted by Gasteiger charge is 2.09. The number of amides is 2.